The Bertz CT molecular complexity index is 1510. The lowest BCUT2D eigenvalue weighted by Crippen LogP contribution is -2.27. The molecule has 0 fully saturated rings. The quantitative estimate of drug-likeness (QED) is 0.139. The van der Waals surface area contributed by atoms with Crippen LogP contribution in [-0.2, 0) is 11.3 Å². The van der Waals surface area contributed by atoms with E-state index in [4.69, 9.17) is 27.6 Å². The number of rotatable bonds is 11. The first-order chi connectivity index (χ1) is 18.7. The van der Waals surface area contributed by atoms with E-state index in [1.165, 1.54) is 13.0 Å². The molecule has 39 heavy (non-hydrogen) atoms. The van der Waals surface area contributed by atoms with Gasteiger partial charge in [-0.15, -0.1) is 0 Å². The van der Waals surface area contributed by atoms with Crippen LogP contribution in [0.15, 0.2) is 59.0 Å². The minimum absolute atomic E-state index is 0.0916. The molecule has 0 aliphatic carbocycles. The molecule has 5 N–H and O–H groups in total. The lowest BCUT2D eigenvalue weighted by atomic mass is 10.2. The van der Waals surface area contributed by atoms with E-state index in [1.807, 2.05) is 6.07 Å². The average molecular weight is 569 g/mol. The predicted molar refractivity (Wildman–Crippen MR) is 152 cm³/mol. The lowest BCUT2D eigenvalue weighted by Gasteiger charge is -2.18. The van der Waals surface area contributed by atoms with E-state index < -0.39 is 5.97 Å². The largest absolute Gasteiger partial charge is 0.478 e. The van der Waals surface area contributed by atoms with E-state index in [2.05, 4.69) is 31.2 Å². The monoisotopic (exact) mass is 568 g/mol. The summed E-state index contributed by atoms with van der Waals surface area (Å²) in [7, 11) is 0. The summed E-state index contributed by atoms with van der Waals surface area (Å²) in [6.07, 6.45) is 0. The number of hydrogen-bond acceptors (Lipinski definition) is 8. The lowest BCUT2D eigenvalue weighted by molar-refractivity contribution is -0.118. The summed E-state index contributed by atoms with van der Waals surface area (Å²) in [5, 5.41) is 23.0. The van der Waals surface area contributed by atoms with E-state index in [-0.39, 0.29) is 18.0 Å². The van der Waals surface area contributed by atoms with Crippen LogP contribution in [-0.4, -0.2) is 40.0 Å². The van der Waals surface area contributed by atoms with Crippen molar-refractivity contribution in [3.63, 3.8) is 0 Å². The van der Waals surface area contributed by atoms with Crippen molar-refractivity contribution in [2.75, 3.05) is 29.0 Å². The van der Waals surface area contributed by atoms with Crippen LogP contribution in [0.25, 0.3) is 11.3 Å². The summed E-state index contributed by atoms with van der Waals surface area (Å²) in [5.74, 6) is 1.22. The van der Waals surface area contributed by atoms with Gasteiger partial charge in [0, 0.05) is 30.6 Å². The fourth-order valence-electron chi connectivity index (χ4n) is 3.76. The number of aryl methyl sites for hydroxylation is 1. The van der Waals surface area contributed by atoms with Gasteiger partial charge in [-0.2, -0.15) is 0 Å². The van der Waals surface area contributed by atoms with Gasteiger partial charge in [0.25, 0.3) is 0 Å². The maximum atomic E-state index is 11.8. The molecule has 2 heterocycles. The topological polar surface area (TPSA) is 141 Å². The van der Waals surface area contributed by atoms with Crippen LogP contribution in [0, 0.1) is 6.92 Å². The summed E-state index contributed by atoms with van der Waals surface area (Å²) in [5.41, 5.74) is 1.62. The van der Waals surface area contributed by atoms with Crippen LogP contribution in [0.1, 0.15) is 28.9 Å². The number of hydrogen-bond donors (Lipinski definition) is 5. The van der Waals surface area contributed by atoms with Crippen molar-refractivity contribution in [1.29, 1.82) is 0 Å². The Morgan fingerprint density at radius 2 is 1.74 bits per heavy atom. The van der Waals surface area contributed by atoms with Gasteiger partial charge in [-0.25, -0.2) is 14.8 Å². The van der Waals surface area contributed by atoms with Crippen LogP contribution < -0.4 is 21.3 Å². The van der Waals surface area contributed by atoms with Gasteiger partial charge in [0.15, 0.2) is 11.6 Å². The minimum atomic E-state index is -1.07. The van der Waals surface area contributed by atoms with Crippen molar-refractivity contribution in [1.82, 2.24) is 15.3 Å². The first kappa shape index (κ1) is 27.7. The van der Waals surface area contributed by atoms with Crippen molar-refractivity contribution < 1.29 is 19.1 Å². The second-order valence-corrected chi connectivity index (χ2v) is 9.32. The number of carboxylic acid groups (broad SMARTS) is 1. The molecule has 0 saturated carbocycles. The zero-order valence-electron chi connectivity index (χ0n) is 21.1. The van der Waals surface area contributed by atoms with Gasteiger partial charge >= 0.3 is 5.97 Å². The Labute approximate surface area is 234 Å². The molecule has 10 nitrogen and oxygen atoms in total. The summed E-state index contributed by atoms with van der Waals surface area (Å²) in [4.78, 5) is 32.1. The zero-order valence-corrected chi connectivity index (χ0v) is 22.7. The summed E-state index contributed by atoms with van der Waals surface area (Å²) in [6.45, 7) is 4.20. The Balaban J connectivity index is 1.63. The number of benzene rings is 2. The normalized spacial score (nSPS) is 10.7. The highest BCUT2D eigenvalue weighted by Crippen LogP contribution is 2.34. The SMILES string of the molecule is CC(=O)NCCNc1nc(C)nc(Nc2ccccc2C(=O)O)c1NCc1ccc(-c2cc(Cl)ccc2Cl)o1. The van der Waals surface area contributed by atoms with E-state index in [1.54, 1.807) is 49.4 Å². The number of aromatic carboxylic acids is 1. The molecule has 2 aromatic heterocycles. The predicted octanol–water partition coefficient (Wildman–Crippen LogP) is 5.95. The fraction of sp³-hybridized carbons (Fsp3) is 0.185. The number of aromatic nitrogens is 2. The molecule has 0 saturated heterocycles. The highest BCUT2D eigenvalue weighted by molar-refractivity contribution is 6.35. The van der Waals surface area contributed by atoms with Gasteiger partial charge in [-0.3, -0.25) is 4.79 Å². The van der Waals surface area contributed by atoms with Crippen molar-refractivity contribution in [3.05, 3.63) is 81.8 Å². The molecule has 0 aliphatic rings. The molecular weight excluding hydrogens is 543 g/mol. The maximum Gasteiger partial charge on any atom is 0.337 e. The number of carboxylic acids is 1. The van der Waals surface area contributed by atoms with Crippen LogP contribution in [0.3, 0.4) is 0 Å². The molecule has 0 bridgehead atoms. The zero-order chi connectivity index (χ0) is 27.9. The molecule has 1 amide bonds. The highest BCUT2D eigenvalue weighted by atomic mass is 35.5. The first-order valence-corrected chi connectivity index (χ1v) is 12.7. The third-order valence-electron chi connectivity index (χ3n) is 5.52. The highest BCUT2D eigenvalue weighted by Gasteiger charge is 2.18. The molecular formula is C27H26Cl2N6O4. The molecule has 0 unspecified atom stereocenters. The summed E-state index contributed by atoms with van der Waals surface area (Å²) >= 11 is 12.5. The third-order valence-corrected chi connectivity index (χ3v) is 6.08. The van der Waals surface area contributed by atoms with Crippen molar-refractivity contribution in [2.24, 2.45) is 0 Å². The van der Waals surface area contributed by atoms with Crippen molar-refractivity contribution in [3.8, 4) is 11.3 Å². The number of halogens is 2. The van der Waals surface area contributed by atoms with Crippen LogP contribution in [0.5, 0.6) is 0 Å². The van der Waals surface area contributed by atoms with E-state index in [9.17, 15) is 14.7 Å². The van der Waals surface area contributed by atoms with Gasteiger partial charge in [0.1, 0.15) is 23.0 Å². The number of para-hydroxylation sites is 1. The summed E-state index contributed by atoms with van der Waals surface area (Å²) < 4.78 is 6.01. The molecule has 0 aliphatic heterocycles. The van der Waals surface area contributed by atoms with E-state index in [0.29, 0.717) is 69.1 Å². The number of nitrogens with one attached hydrogen (secondary N) is 4. The minimum Gasteiger partial charge on any atom is -0.478 e. The van der Waals surface area contributed by atoms with Crippen LogP contribution in [0.4, 0.5) is 23.0 Å². The second kappa shape index (κ2) is 12.5. The first-order valence-electron chi connectivity index (χ1n) is 12.0. The van der Waals surface area contributed by atoms with Gasteiger partial charge in [0.2, 0.25) is 5.91 Å². The molecule has 4 rings (SSSR count). The number of furan rings is 1. The molecule has 202 valence electrons. The molecule has 12 heteroatoms. The van der Waals surface area contributed by atoms with Crippen molar-refractivity contribution in [2.45, 2.75) is 20.4 Å². The molecule has 4 aromatic rings. The van der Waals surface area contributed by atoms with Gasteiger partial charge in [-0.1, -0.05) is 35.3 Å². The van der Waals surface area contributed by atoms with Gasteiger partial charge in [0.05, 0.1) is 22.8 Å². The standard InChI is InChI=1S/C27H26Cl2N6O4/c1-15-33-25(31-12-11-30-16(2)36)24(26(34-15)35-22-6-4-3-5-19(22)27(37)38)32-14-18-8-10-23(39-18)20-13-17(28)7-9-21(20)29/h3-10,13,32H,11-12,14H2,1-2H3,(H,30,36)(H,37,38)(H2,31,33,34,35). The number of amides is 1. The number of carbonyl (C=O) groups excluding carboxylic acids is 1. The Morgan fingerprint density at radius 1 is 0.974 bits per heavy atom. The second-order valence-electron chi connectivity index (χ2n) is 8.47. The smallest absolute Gasteiger partial charge is 0.337 e. The van der Waals surface area contributed by atoms with Gasteiger partial charge in [-0.05, 0) is 49.4 Å². The van der Waals surface area contributed by atoms with Gasteiger partial charge < -0.3 is 30.8 Å². The fourth-order valence-corrected chi connectivity index (χ4v) is 4.15. The number of carbonyl (C=O) groups is 2. The van der Waals surface area contributed by atoms with Crippen LogP contribution >= 0.6 is 23.2 Å². The van der Waals surface area contributed by atoms with Crippen molar-refractivity contribution >= 4 is 58.1 Å². The van der Waals surface area contributed by atoms with E-state index in [0.717, 1.165) is 0 Å². The molecule has 0 spiro atoms. The third kappa shape index (κ3) is 7.18. The van der Waals surface area contributed by atoms with E-state index >= 15 is 0 Å². The average Bonchev–Trinajstić information content (AvgIpc) is 3.36. The Hall–Kier alpha value is -4.28. The summed E-state index contributed by atoms with van der Waals surface area (Å²) in [6, 6.07) is 15.3. The Kier molecular flexibility index (Phi) is 8.90. The molecule has 0 atom stereocenters. The number of anilines is 4. The molecule has 2 aromatic carbocycles. The number of nitrogens with zero attached hydrogens (tertiary/aromatic N) is 2. The maximum absolute atomic E-state index is 11.8. The Morgan fingerprint density at radius 3 is 2.51 bits per heavy atom. The molecule has 0 radical (unpaired) electrons. The van der Waals surface area contributed by atoms with Crippen LogP contribution in [0.2, 0.25) is 10.0 Å².